The second-order valence-corrected chi connectivity index (χ2v) is 5.53. The molecule has 0 atom stereocenters. The van der Waals surface area contributed by atoms with Crippen LogP contribution in [0.2, 0.25) is 0 Å². The van der Waals surface area contributed by atoms with Crippen molar-refractivity contribution in [3.8, 4) is 0 Å². The molecule has 0 saturated heterocycles. The SMILES string of the molecule is O=S(=O)(c1ccccc1NCc1ccon1)C(F)F. The van der Waals surface area contributed by atoms with Crippen molar-refractivity contribution < 1.29 is 21.7 Å². The molecule has 0 fully saturated rings. The van der Waals surface area contributed by atoms with Crippen LogP contribution in [-0.2, 0) is 16.4 Å². The molecular formula is C11H10F2N2O3S. The summed E-state index contributed by atoms with van der Waals surface area (Å²) in [5.74, 6) is -3.46. The zero-order valence-corrected chi connectivity index (χ0v) is 10.4. The first-order valence-electron chi connectivity index (χ1n) is 5.26. The molecular weight excluding hydrogens is 278 g/mol. The molecule has 1 aromatic carbocycles. The molecule has 102 valence electrons. The normalized spacial score (nSPS) is 11.7. The van der Waals surface area contributed by atoms with Crippen molar-refractivity contribution in [2.24, 2.45) is 0 Å². The summed E-state index contributed by atoms with van der Waals surface area (Å²) in [5, 5.41) is 6.36. The van der Waals surface area contributed by atoms with E-state index in [0.717, 1.165) is 6.07 Å². The number of aromatic nitrogens is 1. The Morgan fingerprint density at radius 3 is 2.63 bits per heavy atom. The lowest BCUT2D eigenvalue weighted by molar-refractivity contribution is 0.235. The summed E-state index contributed by atoms with van der Waals surface area (Å²) < 4.78 is 52.7. The molecule has 2 rings (SSSR count). The third-order valence-electron chi connectivity index (χ3n) is 2.38. The molecule has 1 aromatic heterocycles. The standard InChI is InChI=1S/C11H10F2N2O3S/c12-11(13)19(16,17)10-4-2-1-3-9(10)14-7-8-5-6-18-15-8/h1-6,11,14H,7H2. The topological polar surface area (TPSA) is 72.2 Å². The fourth-order valence-corrected chi connectivity index (χ4v) is 2.38. The minimum atomic E-state index is -4.64. The number of anilines is 1. The van der Waals surface area contributed by atoms with Crippen LogP contribution in [0.3, 0.4) is 0 Å². The average Bonchev–Trinajstić information content (AvgIpc) is 2.89. The monoisotopic (exact) mass is 288 g/mol. The van der Waals surface area contributed by atoms with Crippen molar-refractivity contribution >= 4 is 15.5 Å². The van der Waals surface area contributed by atoms with Gasteiger partial charge in [-0.15, -0.1) is 0 Å². The fourth-order valence-electron chi connectivity index (χ4n) is 1.47. The lowest BCUT2D eigenvalue weighted by atomic mass is 10.3. The summed E-state index contributed by atoms with van der Waals surface area (Å²) in [4.78, 5) is -0.437. The van der Waals surface area contributed by atoms with Gasteiger partial charge in [0.1, 0.15) is 12.0 Å². The Bertz CT molecular complexity index is 642. The van der Waals surface area contributed by atoms with Crippen LogP contribution in [0.1, 0.15) is 5.69 Å². The van der Waals surface area contributed by atoms with Gasteiger partial charge in [-0.05, 0) is 12.1 Å². The van der Waals surface area contributed by atoms with E-state index >= 15 is 0 Å². The molecule has 2 aromatic rings. The van der Waals surface area contributed by atoms with Crippen LogP contribution in [0.25, 0.3) is 0 Å². The maximum atomic E-state index is 12.5. The Labute approximate surface area is 108 Å². The number of benzene rings is 1. The van der Waals surface area contributed by atoms with Gasteiger partial charge < -0.3 is 9.84 Å². The van der Waals surface area contributed by atoms with Gasteiger partial charge in [0.25, 0.3) is 0 Å². The number of para-hydroxylation sites is 1. The van der Waals surface area contributed by atoms with Gasteiger partial charge >= 0.3 is 5.76 Å². The van der Waals surface area contributed by atoms with Crippen molar-refractivity contribution in [2.45, 2.75) is 17.2 Å². The third kappa shape index (κ3) is 2.90. The number of sulfone groups is 1. The van der Waals surface area contributed by atoms with Crippen molar-refractivity contribution in [2.75, 3.05) is 5.32 Å². The molecule has 0 bridgehead atoms. The van der Waals surface area contributed by atoms with E-state index in [1.807, 2.05) is 0 Å². The number of hydrogen-bond acceptors (Lipinski definition) is 5. The van der Waals surface area contributed by atoms with Gasteiger partial charge in [-0.25, -0.2) is 8.42 Å². The smallest absolute Gasteiger partial charge is 0.341 e. The Kier molecular flexibility index (Phi) is 3.79. The first-order valence-corrected chi connectivity index (χ1v) is 6.80. The van der Waals surface area contributed by atoms with Gasteiger partial charge in [0.05, 0.1) is 17.1 Å². The van der Waals surface area contributed by atoms with Crippen LogP contribution in [0.15, 0.2) is 46.0 Å². The highest BCUT2D eigenvalue weighted by molar-refractivity contribution is 7.91. The third-order valence-corrected chi connectivity index (χ3v) is 3.82. The molecule has 5 nitrogen and oxygen atoms in total. The first kappa shape index (κ1) is 13.5. The fraction of sp³-hybridized carbons (Fsp3) is 0.182. The summed E-state index contributed by atoms with van der Waals surface area (Å²) in [6, 6.07) is 7.06. The maximum Gasteiger partial charge on any atom is 0.341 e. The highest BCUT2D eigenvalue weighted by Crippen LogP contribution is 2.26. The number of alkyl halides is 2. The molecule has 19 heavy (non-hydrogen) atoms. The minimum Gasteiger partial charge on any atom is -0.378 e. The van der Waals surface area contributed by atoms with Gasteiger partial charge in [-0.2, -0.15) is 8.78 Å². The molecule has 1 N–H and O–H groups in total. The maximum absolute atomic E-state index is 12.5. The van der Waals surface area contributed by atoms with E-state index in [-0.39, 0.29) is 12.2 Å². The average molecular weight is 288 g/mol. The molecule has 0 aliphatic rings. The van der Waals surface area contributed by atoms with E-state index in [1.54, 1.807) is 12.1 Å². The minimum absolute atomic E-state index is 0.103. The zero-order valence-electron chi connectivity index (χ0n) is 9.58. The first-order chi connectivity index (χ1) is 9.01. The van der Waals surface area contributed by atoms with E-state index in [2.05, 4.69) is 15.0 Å². The van der Waals surface area contributed by atoms with Gasteiger partial charge in [0, 0.05) is 6.07 Å². The molecule has 0 radical (unpaired) electrons. The van der Waals surface area contributed by atoms with E-state index in [4.69, 9.17) is 0 Å². The molecule has 1 heterocycles. The van der Waals surface area contributed by atoms with Crippen molar-refractivity contribution in [1.82, 2.24) is 5.16 Å². The molecule has 0 unspecified atom stereocenters. The summed E-state index contributed by atoms with van der Waals surface area (Å²) in [6.07, 6.45) is 1.36. The van der Waals surface area contributed by atoms with E-state index in [0.29, 0.717) is 5.69 Å². The number of nitrogens with zero attached hydrogens (tertiary/aromatic N) is 1. The van der Waals surface area contributed by atoms with Crippen LogP contribution in [0.4, 0.5) is 14.5 Å². The van der Waals surface area contributed by atoms with E-state index in [9.17, 15) is 17.2 Å². The largest absolute Gasteiger partial charge is 0.378 e. The van der Waals surface area contributed by atoms with Crippen LogP contribution in [0.5, 0.6) is 0 Å². The predicted octanol–water partition coefficient (Wildman–Crippen LogP) is 2.28. The lowest BCUT2D eigenvalue weighted by Gasteiger charge is -2.10. The van der Waals surface area contributed by atoms with E-state index < -0.39 is 20.5 Å². The molecule has 0 aliphatic carbocycles. The summed E-state index contributed by atoms with van der Waals surface area (Å²) in [6.45, 7) is 0.173. The molecule has 0 spiro atoms. The molecule has 8 heteroatoms. The highest BCUT2D eigenvalue weighted by Gasteiger charge is 2.28. The Morgan fingerprint density at radius 2 is 2.00 bits per heavy atom. The summed E-state index contributed by atoms with van der Waals surface area (Å²) in [5.41, 5.74) is 0.634. The quantitative estimate of drug-likeness (QED) is 0.913. The number of hydrogen-bond donors (Lipinski definition) is 1. The van der Waals surface area contributed by atoms with Crippen molar-refractivity contribution in [3.05, 3.63) is 42.3 Å². The second kappa shape index (κ2) is 5.35. The Morgan fingerprint density at radius 1 is 1.26 bits per heavy atom. The Balaban J connectivity index is 2.27. The molecule has 0 saturated carbocycles. The van der Waals surface area contributed by atoms with Crippen LogP contribution in [-0.4, -0.2) is 19.3 Å². The van der Waals surface area contributed by atoms with Crippen LogP contribution in [0, 0.1) is 0 Å². The number of nitrogens with one attached hydrogen (secondary N) is 1. The van der Waals surface area contributed by atoms with E-state index in [1.165, 1.54) is 18.4 Å². The highest BCUT2D eigenvalue weighted by atomic mass is 32.2. The molecule has 0 amide bonds. The van der Waals surface area contributed by atoms with Crippen molar-refractivity contribution in [3.63, 3.8) is 0 Å². The van der Waals surface area contributed by atoms with Crippen LogP contribution >= 0.6 is 0 Å². The predicted molar refractivity (Wildman–Crippen MR) is 63.5 cm³/mol. The summed E-state index contributed by atoms with van der Waals surface area (Å²) >= 11 is 0. The number of halogens is 2. The van der Waals surface area contributed by atoms with Crippen LogP contribution < -0.4 is 5.32 Å². The van der Waals surface area contributed by atoms with Gasteiger partial charge in [-0.1, -0.05) is 17.3 Å². The second-order valence-electron chi connectivity index (χ2n) is 3.65. The molecule has 0 aliphatic heterocycles. The van der Waals surface area contributed by atoms with Gasteiger partial charge in [0.2, 0.25) is 9.84 Å². The van der Waals surface area contributed by atoms with Crippen molar-refractivity contribution in [1.29, 1.82) is 0 Å². The van der Waals surface area contributed by atoms with Gasteiger partial charge in [0.15, 0.2) is 0 Å². The zero-order chi connectivity index (χ0) is 13.9. The summed E-state index contributed by atoms with van der Waals surface area (Å²) in [7, 11) is -4.64. The Hall–Kier alpha value is -1.96. The van der Waals surface area contributed by atoms with Gasteiger partial charge in [-0.3, -0.25) is 0 Å². The number of rotatable bonds is 5. The lowest BCUT2D eigenvalue weighted by Crippen LogP contribution is -2.14.